The Labute approximate surface area is 154 Å². The van der Waals surface area contributed by atoms with Crippen LogP contribution >= 0.6 is 0 Å². The maximum atomic E-state index is 13.7. The number of benzene rings is 2. The van der Waals surface area contributed by atoms with Gasteiger partial charge in [0.25, 0.3) is 0 Å². The monoisotopic (exact) mass is 442 g/mol. The van der Waals surface area contributed by atoms with Gasteiger partial charge >= 0.3 is 29.9 Å². The van der Waals surface area contributed by atoms with Crippen molar-refractivity contribution in [3.63, 3.8) is 0 Å². The van der Waals surface area contributed by atoms with Crippen molar-refractivity contribution in [2.75, 3.05) is 6.61 Å². The first-order valence-corrected chi connectivity index (χ1v) is 7.39. The van der Waals surface area contributed by atoms with Crippen molar-refractivity contribution in [2.45, 2.75) is 29.9 Å². The van der Waals surface area contributed by atoms with E-state index >= 15 is 0 Å². The van der Waals surface area contributed by atoms with Crippen molar-refractivity contribution in [2.24, 2.45) is 0 Å². The second-order valence-electron chi connectivity index (χ2n) is 5.84. The fourth-order valence-electron chi connectivity index (χ4n) is 2.25. The zero-order valence-corrected chi connectivity index (χ0v) is 13.7. The Hall–Kier alpha value is -2.47. The van der Waals surface area contributed by atoms with Gasteiger partial charge < -0.3 is 9.84 Å². The highest BCUT2D eigenvalue weighted by molar-refractivity contribution is 5.92. The number of ether oxygens (including phenoxy) is 1. The van der Waals surface area contributed by atoms with E-state index in [0.717, 1.165) is 18.2 Å². The maximum absolute atomic E-state index is 13.7. The minimum Gasteiger partial charge on any atom is -0.507 e. The van der Waals surface area contributed by atoms with Crippen LogP contribution in [0.25, 0.3) is 10.8 Å². The Morgan fingerprint density at radius 1 is 0.655 bits per heavy atom. The highest BCUT2D eigenvalue weighted by atomic mass is 19.4. The van der Waals surface area contributed by atoms with Gasteiger partial charge in [0.05, 0.1) is 0 Å². The van der Waals surface area contributed by atoms with E-state index in [0.29, 0.717) is 0 Å². The number of alkyl halides is 11. The second-order valence-corrected chi connectivity index (χ2v) is 5.84. The van der Waals surface area contributed by atoms with Gasteiger partial charge in [-0.25, -0.2) is 0 Å². The van der Waals surface area contributed by atoms with Gasteiger partial charge in [0.2, 0.25) is 0 Å². The van der Waals surface area contributed by atoms with Crippen molar-refractivity contribution in [3.8, 4) is 11.5 Å². The van der Waals surface area contributed by atoms with E-state index in [2.05, 4.69) is 4.74 Å². The normalized spacial score (nSPS) is 14.3. The van der Waals surface area contributed by atoms with Crippen LogP contribution in [-0.2, 0) is 0 Å². The van der Waals surface area contributed by atoms with Gasteiger partial charge in [-0.05, 0) is 12.1 Å². The third-order valence-corrected chi connectivity index (χ3v) is 3.87. The third-order valence-electron chi connectivity index (χ3n) is 3.87. The molecule has 162 valence electrons. The van der Waals surface area contributed by atoms with Crippen LogP contribution in [0.4, 0.5) is 48.3 Å². The van der Waals surface area contributed by atoms with Gasteiger partial charge in [-0.3, -0.25) is 0 Å². The van der Waals surface area contributed by atoms with Crippen LogP contribution in [0.1, 0.15) is 0 Å². The molecule has 0 aromatic heterocycles. The third kappa shape index (κ3) is 3.50. The van der Waals surface area contributed by atoms with Gasteiger partial charge in [-0.2, -0.15) is 48.3 Å². The van der Waals surface area contributed by atoms with Crippen LogP contribution in [0.2, 0.25) is 0 Å². The summed E-state index contributed by atoms with van der Waals surface area (Å²) in [5.74, 6) is -29.2. The molecule has 0 radical (unpaired) electrons. The van der Waals surface area contributed by atoms with Crippen LogP contribution in [0.3, 0.4) is 0 Å². The fourth-order valence-corrected chi connectivity index (χ4v) is 2.25. The number of rotatable bonds is 6. The standard InChI is InChI=1S/C16H9F11O2/c17-12(18,13(19,20)14(21,22)15(23,24)16(25,26)27)7-29-11-6-5-10(28)8-3-1-2-4-9(8)11/h1-6,28H,7H2. The van der Waals surface area contributed by atoms with Gasteiger partial charge in [0.15, 0.2) is 6.61 Å². The van der Waals surface area contributed by atoms with Crippen molar-refractivity contribution in [1.82, 2.24) is 0 Å². The van der Waals surface area contributed by atoms with E-state index in [9.17, 15) is 53.4 Å². The van der Waals surface area contributed by atoms with E-state index in [1.165, 1.54) is 18.2 Å². The molecule has 0 bridgehead atoms. The Morgan fingerprint density at radius 2 is 1.17 bits per heavy atom. The lowest BCUT2D eigenvalue weighted by molar-refractivity contribution is -0.423. The van der Waals surface area contributed by atoms with Gasteiger partial charge in [-0.1, -0.05) is 24.3 Å². The van der Waals surface area contributed by atoms with E-state index in [-0.39, 0.29) is 16.5 Å². The van der Waals surface area contributed by atoms with Crippen LogP contribution < -0.4 is 4.74 Å². The number of hydrogen-bond acceptors (Lipinski definition) is 2. The molecule has 0 unspecified atom stereocenters. The van der Waals surface area contributed by atoms with Crippen molar-refractivity contribution >= 4 is 10.8 Å². The molecule has 2 aromatic rings. The Kier molecular flexibility index (Phi) is 5.35. The number of phenolic OH excluding ortho intramolecular Hbond substituents is 1. The summed E-state index contributed by atoms with van der Waals surface area (Å²) in [6.45, 7) is -2.65. The summed E-state index contributed by atoms with van der Waals surface area (Å²) in [7, 11) is 0. The van der Waals surface area contributed by atoms with Crippen LogP contribution in [-0.4, -0.2) is 41.6 Å². The number of aromatic hydroxyl groups is 1. The SMILES string of the molecule is Oc1ccc(OCC(F)(F)C(F)(F)C(F)(F)C(F)(F)C(F)(F)F)c2ccccc12. The lowest BCUT2D eigenvalue weighted by Crippen LogP contribution is -2.67. The van der Waals surface area contributed by atoms with E-state index in [1.807, 2.05) is 0 Å². The van der Waals surface area contributed by atoms with Crippen molar-refractivity contribution in [1.29, 1.82) is 0 Å². The molecular formula is C16H9F11O2. The largest absolute Gasteiger partial charge is 0.507 e. The van der Waals surface area contributed by atoms with Crippen LogP contribution in [0.5, 0.6) is 11.5 Å². The predicted octanol–water partition coefficient (Wildman–Crippen LogP) is 6.03. The number of halogens is 11. The molecule has 0 saturated carbocycles. The van der Waals surface area contributed by atoms with E-state index in [1.54, 1.807) is 0 Å². The van der Waals surface area contributed by atoms with E-state index in [4.69, 9.17) is 0 Å². The summed E-state index contributed by atoms with van der Waals surface area (Å²) >= 11 is 0. The molecule has 0 aliphatic rings. The molecule has 0 aliphatic carbocycles. The quantitative estimate of drug-likeness (QED) is 0.554. The first-order valence-electron chi connectivity index (χ1n) is 7.39. The molecule has 13 heteroatoms. The molecular weight excluding hydrogens is 433 g/mol. The zero-order valence-electron chi connectivity index (χ0n) is 13.7. The highest BCUT2D eigenvalue weighted by Crippen LogP contribution is 2.57. The maximum Gasteiger partial charge on any atom is 0.460 e. The Bertz CT molecular complexity index is 890. The zero-order chi connectivity index (χ0) is 22.5. The van der Waals surface area contributed by atoms with Crippen molar-refractivity contribution in [3.05, 3.63) is 36.4 Å². The molecule has 0 atom stereocenters. The average molecular weight is 442 g/mol. The Morgan fingerprint density at radius 3 is 1.69 bits per heavy atom. The molecule has 2 rings (SSSR count). The number of hydrogen-bond donors (Lipinski definition) is 1. The first kappa shape index (κ1) is 22.8. The first-order chi connectivity index (χ1) is 13.0. The lowest BCUT2D eigenvalue weighted by atomic mass is 9.98. The molecule has 0 aliphatic heterocycles. The summed E-state index contributed by atoms with van der Waals surface area (Å²) in [6.07, 6.45) is -7.22. The van der Waals surface area contributed by atoms with Gasteiger partial charge in [0.1, 0.15) is 11.5 Å². The molecule has 0 saturated heterocycles. The molecule has 29 heavy (non-hydrogen) atoms. The molecule has 0 fully saturated rings. The summed E-state index contributed by atoms with van der Waals surface area (Å²) in [5.41, 5.74) is 0. The fraction of sp³-hybridized carbons (Fsp3) is 0.375. The van der Waals surface area contributed by atoms with Gasteiger partial charge in [0, 0.05) is 10.8 Å². The smallest absolute Gasteiger partial charge is 0.460 e. The highest BCUT2D eigenvalue weighted by Gasteiger charge is 2.87. The van der Waals surface area contributed by atoms with Crippen LogP contribution in [0.15, 0.2) is 36.4 Å². The molecule has 0 spiro atoms. The van der Waals surface area contributed by atoms with Crippen molar-refractivity contribution < 1.29 is 58.1 Å². The number of phenols is 1. The molecule has 1 N–H and O–H groups in total. The van der Waals surface area contributed by atoms with Crippen LogP contribution in [0, 0.1) is 0 Å². The minimum atomic E-state index is -7.48. The molecule has 2 aromatic carbocycles. The topological polar surface area (TPSA) is 29.5 Å². The summed E-state index contributed by atoms with van der Waals surface area (Å²) in [6, 6.07) is 6.76. The summed E-state index contributed by atoms with van der Waals surface area (Å²) < 4.78 is 147. The number of fused-ring (bicyclic) bond motifs is 1. The summed E-state index contributed by atoms with van der Waals surface area (Å²) in [5, 5.41) is 9.45. The summed E-state index contributed by atoms with van der Waals surface area (Å²) in [4.78, 5) is 0. The predicted molar refractivity (Wildman–Crippen MR) is 77.0 cm³/mol. The molecule has 0 heterocycles. The Balaban J connectivity index is 2.37. The molecule has 0 amide bonds. The van der Waals surface area contributed by atoms with Gasteiger partial charge in [-0.15, -0.1) is 0 Å². The average Bonchev–Trinajstić information content (AvgIpc) is 2.60. The van der Waals surface area contributed by atoms with E-state index < -0.39 is 42.2 Å². The molecule has 2 nitrogen and oxygen atoms in total. The second kappa shape index (κ2) is 6.80. The minimum absolute atomic E-state index is 0.0194. The lowest BCUT2D eigenvalue weighted by Gasteiger charge is -2.37.